The van der Waals surface area contributed by atoms with Crippen molar-refractivity contribution in [2.24, 2.45) is 0 Å². The van der Waals surface area contributed by atoms with Crippen molar-refractivity contribution in [3.63, 3.8) is 0 Å². The van der Waals surface area contributed by atoms with Crippen LogP contribution < -0.4 is 10.7 Å². The molecule has 3 aromatic heterocycles. The second kappa shape index (κ2) is 11.0. The van der Waals surface area contributed by atoms with Crippen LogP contribution in [-0.2, 0) is 6.18 Å². The van der Waals surface area contributed by atoms with Gasteiger partial charge in [-0.3, -0.25) is 14.6 Å². The van der Waals surface area contributed by atoms with Gasteiger partial charge in [-0.05, 0) is 48.7 Å². The van der Waals surface area contributed by atoms with E-state index < -0.39 is 23.2 Å². The third-order valence-electron chi connectivity index (χ3n) is 5.42. The predicted molar refractivity (Wildman–Crippen MR) is 133 cm³/mol. The quantitative estimate of drug-likeness (QED) is 0.424. The minimum atomic E-state index is -4.70. The maximum Gasteiger partial charge on any atom is 0.433 e. The van der Waals surface area contributed by atoms with Gasteiger partial charge in [0, 0.05) is 36.4 Å². The van der Waals surface area contributed by atoms with Crippen molar-refractivity contribution >= 4 is 5.91 Å². The molecule has 0 bridgehead atoms. The van der Waals surface area contributed by atoms with Crippen LogP contribution >= 0.6 is 0 Å². The molecule has 0 saturated heterocycles. The first kappa shape index (κ1) is 26.3. The molecule has 186 valence electrons. The number of pyridine rings is 3. The number of alkyl halides is 3. The summed E-state index contributed by atoms with van der Waals surface area (Å²) in [7, 11) is 0. The van der Waals surface area contributed by atoms with Gasteiger partial charge in [0.2, 0.25) is 5.43 Å². The Labute approximate surface area is 206 Å². The first-order valence-corrected chi connectivity index (χ1v) is 11.1. The number of hydrogen-bond acceptors (Lipinski definition) is 4. The lowest BCUT2D eigenvalue weighted by Crippen LogP contribution is -2.32. The fourth-order valence-corrected chi connectivity index (χ4v) is 3.38. The number of carbonyl (C=O) groups excluding carboxylic acids is 1. The maximum atomic E-state index is 13.4. The smallest absolute Gasteiger partial charge is 0.348 e. The molecule has 3 heterocycles. The molecule has 3 rings (SSSR count). The van der Waals surface area contributed by atoms with Crippen LogP contribution in [0.5, 0.6) is 0 Å². The van der Waals surface area contributed by atoms with Crippen molar-refractivity contribution in [3.8, 4) is 16.9 Å². The van der Waals surface area contributed by atoms with Crippen LogP contribution in [0.3, 0.4) is 0 Å². The Morgan fingerprint density at radius 2 is 1.83 bits per heavy atom. The second-order valence-electron chi connectivity index (χ2n) is 8.00. The van der Waals surface area contributed by atoms with Crippen molar-refractivity contribution in [2.45, 2.75) is 26.4 Å². The van der Waals surface area contributed by atoms with E-state index in [1.54, 1.807) is 37.3 Å². The van der Waals surface area contributed by atoms with Crippen molar-refractivity contribution < 1.29 is 18.0 Å². The summed E-state index contributed by atoms with van der Waals surface area (Å²) in [6, 6.07) is 7.16. The molecule has 9 heteroatoms. The lowest BCUT2D eigenvalue weighted by atomic mass is 10.0. The molecule has 1 amide bonds. The number of rotatable bonds is 8. The number of hydrogen-bond donors (Lipinski definition) is 1. The Morgan fingerprint density at radius 3 is 2.47 bits per heavy atom. The van der Waals surface area contributed by atoms with Gasteiger partial charge in [-0.2, -0.15) is 13.2 Å². The lowest BCUT2D eigenvalue weighted by molar-refractivity contribution is -0.141. The van der Waals surface area contributed by atoms with Gasteiger partial charge in [0.05, 0.1) is 0 Å². The molecule has 0 atom stereocenters. The first-order chi connectivity index (χ1) is 17.0. The molecule has 0 fully saturated rings. The minimum Gasteiger partial charge on any atom is -0.348 e. The number of nitrogens with one attached hydrogen (secondary N) is 1. The van der Waals surface area contributed by atoms with Gasteiger partial charge in [-0.15, -0.1) is 0 Å². The highest BCUT2D eigenvalue weighted by Crippen LogP contribution is 2.31. The van der Waals surface area contributed by atoms with Crippen molar-refractivity contribution in [1.29, 1.82) is 0 Å². The predicted octanol–water partition coefficient (Wildman–Crippen LogP) is 5.43. The molecule has 0 aliphatic carbocycles. The molecule has 0 unspecified atom stereocenters. The Hall–Kier alpha value is -4.27. The third-order valence-corrected chi connectivity index (χ3v) is 5.42. The van der Waals surface area contributed by atoms with E-state index in [1.807, 2.05) is 6.92 Å². The number of amides is 1. The lowest BCUT2D eigenvalue weighted by Gasteiger charge is -2.17. The van der Waals surface area contributed by atoms with E-state index in [4.69, 9.17) is 0 Å². The minimum absolute atomic E-state index is 0.00965. The zero-order chi connectivity index (χ0) is 26.5. The Bertz CT molecular complexity index is 1390. The first-order valence-electron chi connectivity index (χ1n) is 11.1. The SMILES string of the molecule is C=C(/C=C\C(=C)CNC(=O)c1cn(-c2ccccn2)c(C)c(-c2ccnc(C(F)(F)F)c2)c1=O)CC. The van der Waals surface area contributed by atoms with Crippen LogP contribution in [0, 0.1) is 6.92 Å². The second-order valence-corrected chi connectivity index (χ2v) is 8.00. The van der Waals surface area contributed by atoms with Crippen molar-refractivity contribution in [1.82, 2.24) is 19.9 Å². The molecule has 36 heavy (non-hydrogen) atoms. The van der Waals surface area contributed by atoms with E-state index >= 15 is 0 Å². The summed E-state index contributed by atoms with van der Waals surface area (Å²) >= 11 is 0. The van der Waals surface area contributed by atoms with Gasteiger partial charge in [0.25, 0.3) is 5.91 Å². The molecule has 0 aliphatic heterocycles. The van der Waals surface area contributed by atoms with Gasteiger partial charge < -0.3 is 9.88 Å². The highest BCUT2D eigenvalue weighted by atomic mass is 19.4. The van der Waals surface area contributed by atoms with Crippen molar-refractivity contribution in [3.05, 3.63) is 113 Å². The fourth-order valence-electron chi connectivity index (χ4n) is 3.38. The summed E-state index contributed by atoms with van der Waals surface area (Å²) in [4.78, 5) is 34.1. The number of halogens is 3. The fraction of sp³-hybridized carbons (Fsp3) is 0.185. The Morgan fingerprint density at radius 1 is 1.11 bits per heavy atom. The van der Waals surface area contributed by atoms with Gasteiger partial charge >= 0.3 is 6.18 Å². The van der Waals surface area contributed by atoms with Crippen molar-refractivity contribution in [2.75, 3.05) is 6.54 Å². The maximum absolute atomic E-state index is 13.4. The van der Waals surface area contributed by atoms with E-state index in [9.17, 15) is 22.8 Å². The van der Waals surface area contributed by atoms with Crippen LogP contribution in [0.2, 0.25) is 0 Å². The van der Waals surface area contributed by atoms with E-state index in [0.717, 1.165) is 24.3 Å². The van der Waals surface area contributed by atoms with E-state index in [-0.39, 0.29) is 23.2 Å². The molecule has 0 spiro atoms. The topological polar surface area (TPSA) is 76.9 Å². The van der Waals surface area contributed by atoms with Crippen LogP contribution in [-0.4, -0.2) is 27.0 Å². The summed E-state index contributed by atoms with van der Waals surface area (Å²) in [5.74, 6) is -0.305. The van der Waals surface area contributed by atoms with Gasteiger partial charge in [0.15, 0.2) is 0 Å². The zero-order valence-electron chi connectivity index (χ0n) is 19.9. The van der Waals surface area contributed by atoms with Crippen LogP contribution in [0.15, 0.2) is 90.2 Å². The molecular weight excluding hydrogens is 469 g/mol. The van der Waals surface area contributed by atoms with Gasteiger partial charge in [-0.1, -0.05) is 43.9 Å². The van der Waals surface area contributed by atoms with Gasteiger partial charge in [0.1, 0.15) is 17.1 Å². The van der Waals surface area contributed by atoms with Crippen LogP contribution in [0.1, 0.15) is 35.1 Å². The highest BCUT2D eigenvalue weighted by molar-refractivity contribution is 5.95. The molecular formula is C27H25F3N4O2. The molecule has 0 saturated carbocycles. The molecule has 6 nitrogen and oxygen atoms in total. The average Bonchev–Trinajstić information content (AvgIpc) is 2.86. The van der Waals surface area contributed by atoms with Crippen LogP contribution in [0.4, 0.5) is 13.2 Å². The normalized spacial score (nSPS) is 11.5. The summed E-state index contributed by atoms with van der Waals surface area (Å²) in [5, 5.41) is 2.65. The molecule has 0 aromatic carbocycles. The number of allylic oxidation sites excluding steroid dienone is 2. The molecule has 0 radical (unpaired) electrons. The zero-order valence-corrected chi connectivity index (χ0v) is 19.9. The molecule has 3 aromatic rings. The average molecular weight is 495 g/mol. The van der Waals surface area contributed by atoms with Gasteiger partial charge in [-0.25, -0.2) is 4.98 Å². The van der Waals surface area contributed by atoms with E-state index in [2.05, 4.69) is 28.4 Å². The number of carbonyl (C=O) groups is 1. The Balaban J connectivity index is 2.10. The summed E-state index contributed by atoms with van der Waals surface area (Å²) in [6.07, 6.45) is 3.41. The Kier molecular flexibility index (Phi) is 8.03. The van der Waals surface area contributed by atoms with E-state index in [0.29, 0.717) is 17.1 Å². The third kappa shape index (κ3) is 6.04. The molecule has 1 N–H and O–H groups in total. The number of aromatic nitrogens is 3. The van der Waals surface area contributed by atoms with Crippen LogP contribution in [0.25, 0.3) is 16.9 Å². The summed E-state index contributed by atoms with van der Waals surface area (Å²) < 4.78 is 41.4. The number of nitrogens with zero attached hydrogens (tertiary/aromatic N) is 3. The highest BCUT2D eigenvalue weighted by Gasteiger charge is 2.33. The largest absolute Gasteiger partial charge is 0.433 e. The monoisotopic (exact) mass is 494 g/mol. The van der Waals surface area contributed by atoms with E-state index in [1.165, 1.54) is 23.0 Å². The summed E-state index contributed by atoms with van der Waals surface area (Å²) in [5.41, 5.74) is -0.379. The standard InChI is InChI=1S/C27H25F3N4O2/c1-5-17(2)9-10-18(3)15-33-26(36)21-16-34(23-8-6-7-12-32-23)19(4)24(25(21)35)20-11-13-31-22(14-20)27(28,29)30/h6-14,16H,2-3,5,15H2,1,4H3,(H,33,36)/b10-9-. The molecule has 0 aliphatic rings. The summed E-state index contributed by atoms with van der Waals surface area (Å²) in [6.45, 7) is 11.3.